The van der Waals surface area contributed by atoms with E-state index in [1.807, 2.05) is 12.1 Å². The Morgan fingerprint density at radius 2 is 1.51 bits per heavy atom. The van der Waals surface area contributed by atoms with Gasteiger partial charge in [-0.3, -0.25) is 18.7 Å². The molecule has 242 valence electrons. The Morgan fingerprint density at radius 1 is 1.00 bits per heavy atom. The maximum atomic E-state index is 15.1. The summed E-state index contributed by atoms with van der Waals surface area (Å²) in [6, 6.07) is 16.8. The van der Waals surface area contributed by atoms with Crippen molar-refractivity contribution in [3.05, 3.63) is 94.5 Å². The van der Waals surface area contributed by atoms with Crippen LogP contribution in [0.3, 0.4) is 0 Å². The number of rotatable bonds is 14. The first kappa shape index (κ1) is 34.3. The van der Waals surface area contributed by atoms with Crippen molar-refractivity contribution in [2.24, 2.45) is 0 Å². The second kappa shape index (κ2) is 15.6. The smallest absolute Gasteiger partial charge is 0.350 e. The number of nitrogens with zero attached hydrogens (tertiary/aromatic N) is 2. The average Bonchev–Trinajstić information content (AvgIpc) is 3.31. The third-order valence-corrected chi connectivity index (χ3v) is 10.2. The van der Waals surface area contributed by atoms with Crippen molar-refractivity contribution in [3.8, 4) is 0 Å². The number of nitrogens with one attached hydrogen (secondary N) is 2. The van der Waals surface area contributed by atoms with E-state index in [-0.39, 0.29) is 19.0 Å². The number of anilines is 1. The highest BCUT2D eigenvalue weighted by atomic mass is 32.2. The van der Waals surface area contributed by atoms with Crippen LogP contribution in [0.5, 0.6) is 0 Å². The van der Waals surface area contributed by atoms with Gasteiger partial charge in [0.1, 0.15) is 42.6 Å². The van der Waals surface area contributed by atoms with Crippen molar-refractivity contribution in [2.75, 3.05) is 12.3 Å². The first-order valence-corrected chi connectivity index (χ1v) is 16.6. The lowest BCUT2D eigenvalue weighted by atomic mass is 10.1. The van der Waals surface area contributed by atoms with Crippen LogP contribution in [-0.2, 0) is 41.4 Å². The molecule has 2 aromatic carbocycles. The van der Waals surface area contributed by atoms with Gasteiger partial charge in [0, 0.05) is 6.20 Å². The van der Waals surface area contributed by atoms with E-state index in [1.54, 1.807) is 48.5 Å². The third-order valence-electron chi connectivity index (χ3n) is 6.72. The Labute approximate surface area is 263 Å². The molecule has 0 aliphatic carbocycles. The SMILES string of the molecule is C[C@H](NP(=O)(N[C@@H](C)C(=O)OCc1ccccc1)OC[C@H]1S[C@@H](n2ccc(N)nc2=O)[C@@H](F)[C@@H]1O)C(=O)OCc1ccccc1. The molecule has 2 heterocycles. The minimum absolute atomic E-state index is 0.0317. The summed E-state index contributed by atoms with van der Waals surface area (Å²) in [6.07, 6.45) is -2.24. The zero-order valence-electron chi connectivity index (χ0n) is 24.5. The number of alkyl halides is 1. The van der Waals surface area contributed by atoms with Gasteiger partial charge >= 0.3 is 25.3 Å². The van der Waals surface area contributed by atoms with Crippen molar-refractivity contribution in [2.45, 2.75) is 62.0 Å². The first-order valence-electron chi connectivity index (χ1n) is 14.0. The predicted molar refractivity (Wildman–Crippen MR) is 165 cm³/mol. The number of aromatic nitrogens is 2. The molecular weight excluding hydrogens is 628 g/mol. The lowest BCUT2D eigenvalue weighted by Crippen LogP contribution is -2.43. The molecule has 45 heavy (non-hydrogen) atoms. The molecule has 1 saturated heterocycles. The van der Waals surface area contributed by atoms with Gasteiger partial charge in [0.05, 0.1) is 11.9 Å². The minimum atomic E-state index is -4.28. The number of aliphatic hydroxyl groups is 1. The monoisotopic (exact) mass is 663 g/mol. The fourth-order valence-corrected chi connectivity index (χ4v) is 7.64. The van der Waals surface area contributed by atoms with Gasteiger partial charge in [-0.2, -0.15) is 4.98 Å². The van der Waals surface area contributed by atoms with Gasteiger partial charge in [0.2, 0.25) is 0 Å². The van der Waals surface area contributed by atoms with E-state index in [9.17, 15) is 24.1 Å². The molecular formula is C29H35FN5O8PS. The van der Waals surface area contributed by atoms with Crippen molar-refractivity contribution in [1.82, 2.24) is 19.7 Å². The van der Waals surface area contributed by atoms with Crippen LogP contribution in [0.1, 0.15) is 30.3 Å². The van der Waals surface area contributed by atoms with Crippen LogP contribution in [0.4, 0.5) is 10.2 Å². The quantitative estimate of drug-likeness (QED) is 0.146. The molecule has 6 atom stereocenters. The van der Waals surface area contributed by atoms with E-state index >= 15 is 4.39 Å². The molecule has 1 aliphatic rings. The Bertz CT molecular complexity index is 1480. The molecule has 0 bridgehead atoms. The number of halogens is 1. The van der Waals surface area contributed by atoms with E-state index in [0.29, 0.717) is 0 Å². The number of ether oxygens (including phenoxy) is 2. The third kappa shape index (κ3) is 9.45. The number of hydrogen-bond acceptors (Lipinski definition) is 11. The lowest BCUT2D eigenvalue weighted by Gasteiger charge is -2.27. The lowest BCUT2D eigenvalue weighted by molar-refractivity contribution is -0.147. The zero-order valence-corrected chi connectivity index (χ0v) is 26.2. The predicted octanol–water partition coefficient (Wildman–Crippen LogP) is 2.71. The average molecular weight is 664 g/mol. The number of nitrogen functional groups attached to an aromatic ring is 1. The van der Waals surface area contributed by atoms with Crippen LogP contribution in [-0.4, -0.2) is 62.8 Å². The molecule has 3 aromatic rings. The number of thioether (sulfide) groups is 1. The Kier molecular flexibility index (Phi) is 11.9. The molecule has 0 unspecified atom stereocenters. The van der Waals surface area contributed by atoms with E-state index in [2.05, 4.69) is 15.2 Å². The highest BCUT2D eigenvalue weighted by Gasteiger charge is 2.46. The maximum absolute atomic E-state index is 15.1. The molecule has 16 heteroatoms. The number of esters is 2. The van der Waals surface area contributed by atoms with Gasteiger partial charge in [-0.1, -0.05) is 60.7 Å². The summed E-state index contributed by atoms with van der Waals surface area (Å²) in [5, 5.41) is 13.6. The normalized spacial score (nSPS) is 21.2. The van der Waals surface area contributed by atoms with Gasteiger partial charge < -0.3 is 24.8 Å². The molecule has 0 amide bonds. The second-order valence-electron chi connectivity index (χ2n) is 10.3. The Hall–Kier alpha value is -3.59. The molecule has 0 spiro atoms. The summed E-state index contributed by atoms with van der Waals surface area (Å²) in [4.78, 5) is 41.4. The molecule has 1 aliphatic heterocycles. The van der Waals surface area contributed by atoms with Crippen LogP contribution in [0.2, 0.25) is 0 Å². The number of carbonyl (C=O) groups is 2. The van der Waals surface area contributed by atoms with Crippen LogP contribution in [0.15, 0.2) is 77.7 Å². The van der Waals surface area contributed by atoms with Crippen LogP contribution >= 0.6 is 19.4 Å². The van der Waals surface area contributed by atoms with Crippen molar-refractivity contribution < 1.29 is 37.6 Å². The first-order chi connectivity index (χ1) is 21.5. The van der Waals surface area contributed by atoms with Gasteiger partial charge in [-0.15, -0.1) is 11.8 Å². The van der Waals surface area contributed by atoms with Crippen LogP contribution < -0.4 is 21.6 Å². The summed E-state index contributed by atoms with van der Waals surface area (Å²) in [5.41, 5.74) is 6.20. The largest absolute Gasteiger partial charge is 0.460 e. The maximum Gasteiger partial charge on any atom is 0.350 e. The van der Waals surface area contributed by atoms with Gasteiger partial charge in [0.25, 0.3) is 0 Å². The van der Waals surface area contributed by atoms with Crippen molar-refractivity contribution in [3.63, 3.8) is 0 Å². The number of carbonyl (C=O) groups excluding carboxylic acids is 2. The van der Waals surface area contributed by atoms with Gasteiger partial charge in [0.15, 0.2) is 6.17 Å². The standard InChI is InChI=1S/C29H35FN5O8PS/c1-18(27(37)41-15-20-9-5-3-6-10-20)33-44(40,34-19(2)28(38)42-16-21-11-7-4-8-12-21)43-17-22-25(36)24(30)26(45-22)35-14-13-23(31)32-29(35)39/h3-14,18-19,22,24-26,36H,15-17H2,1-2H3,(H2,31,32,39)(H2,33,34,40)/t18-,19-,22+,24-,25+,26+/m0/s1. The zero-order chi connectivity index (χ0) is 32.6. The Balaban J connectivity index is 1.44. The van der Waals surface area contributed by atoms with Gasteiger partial charge in [-0.25, -0.2) is 19.4 Å². The van der Waals surface area contributed by atoms with E-state index in [1.165, 1.54) is 26.1 Å². The highest BCUT2D eigenvalue weighted by molar-refractivity contribution is 8.00. The topological polar surface area (TPSA) is 184 Å². The molecule has 1 aromatic heterocycles. The number of hydrogen-bond donors (Lipinski definition) is 4. The molecule has 0 saturated carbocycles. The summed E-state index contributed by atoms with van der Waals surface area (Å²) in [5.74, 6) is -1.54. The van der Waals surface area contributed by atoms with E-state index in [0.717, 1.165) is 27.5 Å². The summed E-state index contributed by atoms with van der Waals surface area (Å²) in [6.45, 7) is 2.24. The van der Waals surface area contributed by atoms with Gasteiger partial charge in [-0.05, 0) is 31.0 Å². The molecule has 4 rings (SSSR count). The number of aliphatic hydroxyl groups excluding tert-OH is 1. The number of benzene rings is 2. The minimum Gasteiger partial charge on any atom is -0.460 e. The fraction of sp³-hybridized carbons (Fsp3) is 0.379. The second-order valence-corrected chi connectivity index (χ2v) is 13.5. The summed E-state index contributed by atoms with van der Waals surface area (Å²) in [7, 11) is -4.28. The summed E-state index contributed by atoms with van der Waals surface area (Å²) >= 11 is 0.875. The summed E-state index contributed by atoms with van der Waals surface area (Å²) < 4.78 is 46.5. The molecule has 5 N–H and O–H groups in total. The highest BCUT2D eigenvalue weighted by Crippen LogP contribution is 2.46. The molecule has 1 fully saturated rings. The van der Waals surface area contributed by atoms with Crippen LogP contribution in [0.25, 0.3) is 0 Å². The fourth-order valence-electron chi connectivity index (χ4n) is 4.30. The van der Waals surface area contributed by atoms with Crippen molar-refractivity contribution in [1.29, 1.82) is 0 Å². The van der Waals surface area contributed by atoms with E-state index < -0.39 is 66.9 Å². The number of nitrogens with two attached hydrogens (primary N) is 1. The Morgan fingerprint density at radius 3 is 2.00 bits per heavy atom. The van der Waals surface area contributed by atoms with Crippen molar-refractivity contribution >= 4 is 37.2 Å². The van der Waals surface area contributed by atoms with Crippen LogP contribution in [0, 0.1) is 0 Å². The molecule has 0 radical (unpaired) electrons. The van der Waals surface area contributed by atoms with E-state index in [4.69, 9.17) is 19.7 Å². The molecule has 13 nitrogen and oxygen atoms in total.